The van der Waals surface area contributed by atoms with Crippen LogP contribution in [0.4, 0.5) is 5.82 Å². The van der Waals surface area contributed by atoms with E-state index < -0.39 is 0 Å². The molecule has 5 heteroatoms. The highest BCUT2D eigenvalue weighted by atomic mass is 16.1. The fraction of sp³-hybridized carbons (Fsp3) is 0.200. The standard InChI is InChI=1S/C20H20N4O/c1-14-7-5-6-10-16(14)20(25)21-19-17-12-24(13-18(17)22-23-19)11-15-8-3-2-4-9-15/h2-10H,11-13H2,1H3,(H2,21,22,23,25). The molecule has 0 aliphatic carbocycles. The molecule has 2 aromatic carbocycles. The zero-order chi connectivity index (χ0) is 17.2. The molecule has 1 amide bonds. The van der Waals surface area contributed by atoms with Gasteiger partial charge in [-0.1, -0.05) is 48.5 Å². The number of nitrogens with one attached hydrogen (secondary N) is 2. The average molecular weight is 332 g/mol. The molecule has 0 radical (unpaired) electrons. The molecule has 1 aromatic heterocycles. The first-order valence-corrected chi connectivity index (χ1v) is 8.40. The number of aryl methyl sites for hydroxylation is 1. The van der Waals surface area contributed by atoms with E-state index in [1.807, 2.05) is 37.3 Å². The van der Waals surface area contributed by atoms with Crippen LogP contribution in [0.3, 0.4) is 0 Å². The minimum absolute atomic E-state index is 0.117. The summed E-state index contributed by atoms with van der Waals surface area (Å²) < 4.78 is 0. The predicted molar refractivity (Wildman–Crippen MR) is 97.1 cm³/mol. The highest BCUT2D eigenvalue weighted by Crippen LogP contribution is 2.28. The number of nitrogens with zero attached hydrogens (tertiary/aromatic N) is 2. The summed E-state index contributed by atoms with van der Waals surface area (Å²) in [4.78, 5) is 14.9. The van der Waals surface area contributed by atoms with Gasteiger partial charge in [-0.3, -0.25) is 14.8 Å². The number of aromatic amines is 1. The van der Waals surface area contributed by atoms with Crippen molar-refractivity contribution in [2.45, 2.75) is 26.6 Å². The van der Waals surface area contributed by atoms with Crippen LogP contribution in [0.25, 0.3) is 0 Å². The summed E-state index contributed by atoms with van der Waals surface area (Å²) in [6.45, 7) is 4.42. The van der Waals surface area contributed by atoms with Crippen molar-refractivity contribution in [1.29, 1.82) is 0 Å². The number of benzene rings is 2. The number of aromatic nitrogens is 2. The monoisotopic (exact) mass is 332 g/mol. The van der Waals surface area contributed by atoms with Crippen LogP contribution in [-0.4, -0.2) is 21.0 Å². The zero-order valence-electron chi connectivity index (χ0n) is 14.1. The smallest absolute Gasteiger partial charge is 0.257 e. The molecule has 126 valence electrons. The number of rotatable bonds is 4. The molecular weight excluding hydrogens is 312 g/mol. The molecule has 2 heterocycles. The highest BCUT2D eigenvalue weighted by Gasteiger charge is 2.26. The number of hydrogen-bond acceptors (Lipinski definition) is 3. The van der Waals surface area contributed by atoms with Crippen molar-refractivity contribution in [3.05, 3.63) is 82.5 Å². The minimum atomic E-state index is -0.117. The minimum Gasteiger partial charge on any atom is -0.305 e. The van der Waals surface area contributed by atoms with E-state index in [4.69, 9.17) is 0 Å². The van der Waals surface area contributed by atoms with Gasteiger partial charge in [0.25, 0.3) is 5.91 Å². The molecule has 0 spiro atoms. The third-order valence-electron chi connectivity index (χ3n) is 4.59. The number of carbonyl (C=O) groups excluding carboxylic acids is 1. The Morgan fingerprint density at radius 1 is 1.12 bits per heavy atom. The lowest BCUT2D eigenvalue weighted by molar-refractivity contribution is 0.102. The van der Waals surface area contributed by atoms with Crippen LogP contribution in [0.15, 0.2) is 54.6 Å². The lowest BCUT2D eigenvalue weighted by Crippen LogP contribution is -2.18. The van der Waals surface area contributed by atoms with Gasteiger partial charge in [0, 0.05) is 30.8 Å². The van der Waals surface area contributed by atoms with E-state index in [2.05, 4.69) is 44.7 Å². The van der Waals surface area contributed by atoms with Gasteiger partial charge in [0.1, 0.15) is 0 Å². The molecule has 0 fully saturated rings. The van der Waals surface area contributed by atoms with Crippen LogP contribution in [-0.2, 0) is 19.6 Å². The first kappa shape index (κ1) is 15.6. The van der Waals surface area contributed by atoms with Crippen LogP contribution in [0, 0.1) is 6.92 Å². The Hall–Kier alpha value is -2.92. The van der Waals surface area contributed by atoms with Crippen LogP contribution in [0.2, 0.25) is 0 Å². The van der Waals surface area contributed by atoms with Gasteiger partial charge >= 0.3 is 0 Å². The Morgan fingerprint density at radius 2 is 1.88 bits per heavy atom. The van der Waals surface area contributed by atoms with E-state index in [-0.39, 0.29) is 5.91 Å². The van der Waals surface area contributed by atoms with Gasteiger partial charge in [-0.15, -0.1) is 0 Å². The lowest BCUT2D eigenvalue weighted by Gasteiger charge is -2.15. The van der Waals surface area contributed by atoms with Gasteiger partial charge < -0.3 is 5.32 Å². The van der Waals surface area contributed by atoms with E-state index in [1.54, 1.807) is 0 Å². The number of fused-ring (bicyclic) bond motifs is 1. The van der Waals surface area contributed by atoms with Crippen molar-refractivity contribution >= 4 is 11.7 Å². The van der Waals surface area contributed by atoms with Crippen molar-refractivity contribution in [2.75, 3.05) is 5.32 Å². The Labute approximate surface area is 146 Å². The summed E-state index contributed by atoms with van der Waals surface area (Å²) in [5.74, 6) is 0.521. The number of H-pyrrole nitrogens is 1. The highest BCUT2D eigenvalue weighted by molar-refractivity contribution is 6.05. The quantitative estimate of drug-likeness (QED) is 0.769. The van der Waals surface area contributed by atoms with Gasteiger partial charge in [0.05, 0.1) is 5.69 Å². The van der Waals surface area contributed by atoms with E-state index >= 15 is 0 Å². The summed E-state index contributed by atoms with van der Waals surface area (Å²) in [7, 11) is 0. The number of carbonyl (C=O) groups is 1. The molecule has 0 saturated heterocycles. The third kappa shape index (κ3) is 3.19. The first-order valence-electron chi connectivity index (χ1n) is 8.40. The Bertz CT molecular complexity index is 901. The van der Waals surface area contributed by atoms with Gasteiger partial charge in [-0.25, -0.2) is 0 Å². The summed E-state index contributed by atoms with van der Waals surface area (Å²) in [6.07, 6.45) is 0. The molecule has 0 atom stereocenters. The summed E-state index contributed by atoms with van der Waals surface area (Å²) in [5.41, 5.74) is 5.08. The van der Waals surface area contributed by atoms with Crippen molar-refractivity contribution in [3.63, 3.8) is 0 Å². The Balaban J connectivity index is 1.47. The number of anilines is 1. The van der Waals surface area contributed by atoms with Gasteiger partial charge in [0.15, 0.2) is 5.82 Å². The van der Waals surface area contributed by atoms with E-state index in [1.165, 1.54) is 5.56 Å². The fourth-order valence-electron chi connectivity index (χ4n) is 3.26. The van der Waals surface area contributed by atoms with Gasteiger partial charge in [-0.05, 0) is 24.1 Å². The summed E-state index contributed by atoms with van der Waals surface area (Å²) in [5, 5.41) is 10.3. The van der Waals surface area contributed by atoms with Gasteiger partial charge in [-0.2, -0.15) is 5.10 Å². The molecule has 0 unspecified atom stereocenters. The molecule has 25 heavy (non-hydrogen) atoms. The second-order valence-corrected chi connectivity index (χ2v) is 6.43. The molecular formula is C20H20N4O. The average Bonchev–Trinajstić information content (AvgIpc) is 3.17. The second-order valence-electron chi connectivity index (χ2n) is 6.43. The largest absolute Gasteiger partial charge is 0.305 e. The summed E-state index contributed by atoms with van der Waals surface area (Å²) >= 11 is 0. The van der Waals surface area contributed by atoms with Crippen LogP contribution in [0.5, 0.6) is 0 Å². The topological polar surface area (TPSA) is 61.0 Å². The van der Waals surface area contributed by atoms with Crippen LogP contribution >= 0.6 is 0 Å². The van der Waals surface area contributed by atoms with Crippen molar-refractivity contribution in [3.8, 4) is 0 Å². The first-order chi connectivity index (χ1) is 12.2. The maximum Gasteiger partial charge on any atom is 0.257 e. The molecule has 1 aliphatic heterocycles. The Morgan fingerprint density at radius 3 is 2.68 bits per heavy atom. The molecule has 4 rings (SSSR count). The van der Waals surface area contributed by atoms with E-state index in [0.29, 0.717) is 11.4 Å². The van der Waals surface area contributed by atoms with Crippen molar-refractivity contribution in [2.24, 2.45) is 0 Å². The second kappa shape index (κ2) is 6.53. The maximum absolute atomic E-state index is 12.5. The normalized spacial score (nSPS) is 13.6. The SMILES string of the molecule is Cc1ccccc1C(=O)Nc1n[nH]c2c1CN(Cc1ccccc1)C2. The molecule has 3 aromatic rings. The van der Waals surface area contributed by atoms with Crippen molar-refractivity contribution in [1.82, 2.24) is 15.1 Å². The lowest BCUT2D eigenvalue weighted by atomic mass is 10.1. The molecule has 5 nitrogen and oxygen atoms in total. The van der Waals surface area contributed by atoms with E-state index in [0.717, 1.165) is 36.5 Å². The van der Waals surface area contributed by atoms with Gasteiger partial charge in [0.2, 0.25) is 0 Å². The third-order valence-corrected chi connectivity index (χ3v) is 4.59. The summed E-state index contributed by atoms with van der Waals surface area (Å²) in [6, 6.07) is 18.0. The Kier molecular flexibility index (Phi) is 4.07. The zero-order valence-corrected chi connectivity index (χ0v) is 14.1. The molecule has 0 saturated carbocycles. The molecule has 0 bridgehead atoms. The van der Waals surface area contributed by atoms with Crippen LogP contribution < -0.4 is 5.32 Å². The fourth-order valence-corrected chi connectivity index (χ4v) is 3.26. The number of amides is 1. The molecule has 2 N–H and O–H groups in total. The molecule has 1 aliphatic rings. The van der Waals surface area contributed by atoms with Crippen molar-refractivity contribution < 1.29 is 4.79 Å². The number of hydrogen-bond donors (Lipinski definition) is 2. The van der Waals surface area contributed by atoms with E-state index in [9.17, 15) is 4.79 Å². The van der Waals surface area contributed by atoms with Crippen LogP contribution in [0.1, 0.15) is 32.7 Å². The predicted octanol–water partition coefficient (Wildman–Crippen LogP) is 3.49. The maximum atomic E-state index is 12.5.